The van der Waals surface area contributed by atoms with Gasteiger partial charge in [-0.1, -0.05) is 18.2 Å². The molecule has 1 N–H and O–H groups in total. The Hall–Kier alpha value is -3.51. The highest BCUT2D eigenvalue weighted by atomic mass is 32.1. The molecule has 0 radical (unpaired) electrons. The zero-order valence-electron chi connectivity index (χ0n) is 17.4. The zero-order valence-corrected chi connectivity index (χ0v) is 18.3. The average Bonchev–Trinajstić information content (AvgIpc) is 3.41. The Labute approximate surface area is 187 Å². The molecule has 0 bridgehead atoms. The quantitative estimate of drug-likeness (QED) is 0.463. The fraction of sp³-hybridized carbons (Fsp3) is 0.160. The van der Waals surface area contributed by atoms with Crippen LogP contribution in [-0.4, -0.2) is 19.6 Å². The topological polar surface area (TPSA) is 46.0 Å². The standard InChI is InChI=1S/C25H23N5S/c1-17-11-12-19(16-18(17)2)30-24(23(28-25(30)31)20-8-3-5-13-26-20)21-9-7-15-29(21)22-10-4-6-14-27-22/h3-16,23-24H,1-2H3,(H,28,31)/t23-,24+/m0/s1. The molecule has 3 aromatic heterocycles. The van der Waals surface area contributed by atoms with Crippen LogP contribution >= 0.6 is 12.2 Å². The Morgan fingerprint density at radius 1 is 0.871 bits per heavy atom. The molecule has 31 heavy (non-hydrogen) atoms. The second kappa shape index (κ2) is 7.96. The Morgan fingerprint density at radius 3 is 2.39 bits per heavy atom. The normalized spacial score (nSPS) is 18.3. The van der Waals surface area contributed by atoms with Crippen LogP contribution in [0.25, 0.3) is 5.82 Å². The summed E-state index contributed by atoms with van der Waals surface area (Å²) in [4.78, 5) is 11.4. The third kappa shape index (κ3) is 3.49. The Kier molecular flexibility index (Phi) is 5.00. The molecule has 0 saturated carbocycles. The lowest BCUT2D eigenvalue weighted by Crippen LogP contribution is -2.30. The summed E-state index contributed by atoms with van der Waals surface area (Å²) in [5, 5.41) is 4.22. The number of benzene rings is 1. The van der Waals surface area contributed by atoms with Crippen LogP contribution in [0.15, 0.2) is 85.3 Å². The molecule has 5 nitrogen and oxygen atoms in total. The highest BCUT2D eigenvalue weighted by molar-refractivity contribution is 7.80. The van der Waals surface area contributed by atoms with E-state index in [9.17, 15) is 0 Å². The summed E-state index contributed by atoms with van der Waals surface area (Å²) in [7, 11) is 0. The molecule has 4 aromatic rings. The number of aromatic nitrogens is 3. The van der Waals surface area contributed by atoms with Crippen molar-refractivity contribution < 1.29 is 0 Å². The van der Waals surface area contributed by atoms with E-state index in [1.54, 1.807) is 0 Å². The highest BCUT2D eigenvalue weighted by Crippen LogP contribution is 2.42. The van der Waals surface area contributed by atoms with Crippen LogP contribution in [-0.2, 0) is 0 Å². The van der Waals surface area contributed by atoms with E-state index in [0.717, 1.165) is 22.9 Å². The van der Waals surface area contributed by atoms with E-state index in [2.05, 4.69) is 68.9 Å². The van der Waals surface area contributed by atoms with Gasteiger partial charge < -0.3 is 14.8 Å². The summed E-state index contributed by atoms with van der Waals surface area (Å²) in [5.41, 5.74) is 5.62. The van der Waals surface area contributed by atoms with Crippen LogP contribution in [0.5, 0.6) is 0 Å². The molecule has 1 saturated heterocycles. The van der Waals surface area contributed by atoms with Gasteiger partial charge in [-0.25, -0.2) is 4.98 Å². The van der Waals surface area contributed by atoms with Crippen LogP contribution < -0.4 is 10.2 Å². The van der Waals surface area contributed by atoms with E-state index >= 15 is 0 Å². The molecule has 1 aromatic carbocycles. The van der Waals surface area contributed by atoms with E-state index in [4.69, 9.17) is 12.2 Å². The second-order valence-corrected chi connectivity index (χ2v) is 8.14. The molecule has 0 amide bonds. The molecule has 6 heteroatoms. The molecule has 2 atom stereocenters. The fourth-order valence-corrected chi connectivity index (χ4v) is 4.49. The molecule has 1 aliphatic rings. The van der Waals surface area contributed by atoms with Gasteiger partial charge in [0.1, 0.15) is 11.9 Å². The molecular formula is C25H23N5S. The van der Waals surface area contributed by atoms with Gasteiger partial charge in [-0.2, -0.15) is 0 Å². The smallest absolute Gasteiger partial charge is 0.174 e. The molecular weight excluding hydrogens is 402 g/mol. The maximum atomic E-state index is 5.85. The van der Waals surface area contributed by atoms with Crippen LogP contribution in [0.4, 0.5) is 5.69 Å². The number of hydrogen-bond acceptors (Lipinski definition) is 3. The lowest BCUT2D eigenvalue weighted by atomic mass is 10.00. The van der Waals surface area contributed by atoms with Crippen molar-refractivity contribution in [3.8, 4) is 5.82 Å². The molecule has 154 valence electrons. The van der Waals surface area contributed by atoms with Gasteiger partial charge in [-0.3, -0.25) is 4.98 Å². The van der Waals surface area contributed by atoms with Gasteiger partial charge in [-0.05, 0) is 85.7 Å². The van der Waals surface area contributed by atoms with Gasteiger partial charge in [0, 0.05) is 30.0 Å². The van der Waals surface area contributed by atoms with Gasteiger partial charge in [0.25, 0.3) is 0 Å². The molecule has 5 rings (SSSR count). The number of rotatable bonds is 4. The number of hydrogen-bond donors (Lipinski definition) is 1. The van der Waals surface area contributed by atoms with E-state index in [-0.39, 0.29) is 12.1 Å². The van der Waals surface area contributed by atoms with Crippen molar-refractivity contribution in [2.75, 3.05) is 4.90 Å². The molecule has 0 unspecified atom stereocenters. The second-order valence-electron chi connectivity index (χ2n) is 7.76. The number of anilines is 1. The summed E-state index contributed by atoms with van der Waals surface area (Å²) >= 11 is 5.85. The maximum Gasteiger partial charge on any atom is 0.174 e. The fourth-order valence-electron chi connectivity index (χ4n) is 4.15. The number of thiocarbonyl (C=S) groups is 1. The maximum absolute atomic E-state index is 5.85. The van der Waals surface area contributed by atoms with E-state index in [0.29, 0.717) is 5.11 Å². The average molecular weight is 426 g/mol. The Bertz CT molecular complexity index is 1220. The summed E-state index contributed by atoms with van der Waals surface area (Å²) in [6.45, 7) is 4.26. The van der Waals surface area contributed by atoms with Crippen LogP contribution in [0.1, 0.15) is 34.6 Å². The lowest BCUT2D eigenvalue weighted by Gasteiger charge is -2.29. The van der Waals surface area contributed by atoms with Crippen molar-refractivity contribution in [1.29, 1.82) is 0 Å². The Morgan fingerprint density at radius 2 is 1.68 bits per heavy atom. The predicted molar refractivity (Wildman–Crippen MR) is 127 cm³/mol. The van der Waals surface area contributed by atoms with Crippen molar-refractivity contribution in [2.24, 2.45) is 0 Å². The summed E-state index contributed by atoms with van der Waals surface area (Å²) < 4.78 is 2.13. The molecule has 4 heterocycles. The van der Waals surface area contributed by atoms with Crippen LogP contribution in [0.3, 0.4) is 0 Å². The largest absolute Gasteiger partial charge is 0.351 e. The highest BCUT2D eigenvalue weighted by Gasteiger charge is 2.42. The van der Waals surface area contributed by atoms with E-state index < -0.39 is 0 Å². The van der Waals surface area contributed by atoms with Crippen molar-refractivity contribution in [3.05, 3.63) is 108 Å². The first kappa shape index (κ1) is 19.5. The number of pyridine rings is 2. The first-order valence-corrected chi connectivity index (χ1v) is 10.7. The van der Waals surface area contributed by atoms with E-state index in [1.165, 1.54) is 11.1 Å². The molecule has 1 fully saturated rings. The van der Waals surface area contributed by atoms with Crippen molar-refractivity contribution in [2.45, 2.75) is 25.9 Å². The van der Waals surface area contributed by atoms with Gasteiger partial charge >= 0.3 is 0 Å². The third-order valence-electron chi connectivity index (χ3n) is 5.85. The molecule has 1 aliphatic heterocycles. The first-order valence-electron chi connectivity index (χ1n) is 10.3. The van der Waals surface area contributed by atoms with Gasteiger partial charge in [-0.15, -0.1) is 0 Å². The summed E-state index contributed by atoms with van der Waals surface area (Å²) in [5.74, 6) is 0.875. The predicted octanol–water partition coefficient (Wildman–Crippen LogP) is 5.06. The Balaban J connectivity index is 1.68. The lowest BCUT2D eigenvalue weighted by molar-refractivity contribution is 0.548. The minimum Gasteiger partial charge on any atom is -0.351 e. The third-order valence-corrected chi connectivity index (χ3v) is 6.16. The monoisotopic (exact) mass is 425 g/mol. The molecule has 0 spiro atoms. The first-order chi connectivity index (χ1) is 15.1. The molecule has 0 aliphatic carbocycles. The van der Waals surface area contributed by atoms with Crippen molar-refractivity contribution in [3.63, 3.8) is 0 Å². The van der Waals surface area contributed by atoms with Gasteiger partial charge in [0.05, 0.1) is 11.7 Å². The number of aryl methyl sites for hydroxylation is 2. The van der Waals surface area contributed by atoms with Crippen molar-refractivity contribution in [1.82, 2.24) is 19.9 Å². The van der Waals surface area contributed by atoms with Gasteiger partial charge in [0.2, 0.25) is 0 Å². The van der Waals surface area contributed by atoms with E-state index in [1.807, 2.05) is 55.0 Å². The van der Waals surface area contributed by atoms with Crippen LogP contribution in [0.2, 0.25) is 0 Å². The number of nitrogens with one attached hydrogen (secondary N) is 1. The SMILES string of the molecule is Cc1ccc(N2C(=S)N[C@@H](c3ccccn3)[C@H]2c2cccn2-c2ccccn2)cc1C. The minimum atomic E-state index is -0.0901. The number of nitrogens with zero attached hydrogens (tertiary/aromatic N) is 4. The summed E-state index contributed by atoms with van der Waals surface area (Å²) in [6.07, 6.45) is 5.69. The summed E-state index contributed by atoms with van der Waals surface area (Å²) in [6, 6.07) is 22.4. The minimum absolute atomic E-state index is 0.0819. The van der Waals surface area contributed by atoms with Crippen molar-refractivity contribution >= 4 is 23.0 Å². The van der Waals surface area contributed by atoms with Gasteiger partial charge in [0.15, 0.2) is 5.11 Å². The zero-order chi connectivity index (χ0) is 21.4. The van der Waals surface area contributed by atoms with Crippen LogP contribution in [0, 0.1) is 13.8 Å².